The maximum atomic E-state index is 12.5. The SMILES string of the molecule is O=C(O)c1cccc2c1OC1CC(O)C(CNS(=O)(=O)c3ccccc3)C21. The monoisotopic (exact) mass is 389 g/mol. The van der Waals surface area contributed by atoms with E-state index in [0.717, 1.165) is 0 Å². The molecular weight excluding hydrogens is 370 g/mol. The Balaban J connectivity index is 1.59. The topological polar surface area (TPSA) is 113 Å². The van der Waals surface area contributed by atoms with Gasteiger partial charge < -0.3 is 14.9 Å². The number of nitrogens with one attached hydrogen (secondary N) is 1. The number of para-hydroxylation sites is 1. The molecule has 0 amide bonds. The summed E-state index contributed by atoms with van der Waals surface area (Å²) in [6.07, 6.45) is -0.766. The normalized spacial score (nSPS) is 26.3. The van der Waals surface area contributed by atoms with Crippen LogP contribution in [0.4, 0.5) is 0 Å². The van der Waals surface area contributed by atoms with Crippen LogP contribution < -0.4 is 9.46 Å². The van der Waals surface area contributed by atoms with Crippen LogP contribution in [0.15, 0.2) is 53.4 Å². The Labute approximate surface area is 156 Å². The van der Waals surface area contributed by atoms with Gasteiger partial charge in [0.15, 0.2) is 0 Å². The zero-order valence-electron chi connectivity index (χ0n) is 14.3. The number of hydrogen-bond acceptors (Lipinski definition) is 5. The van der Waals surface area contributed by atoms with Crippen molar-refractivity contribution in [2.75, 3.05) is 6.54 Å². The van der Waals surface area contributed by atoms with Crippen molar-refractivity contribution in [1.29, 1.82) is 0 Å². The lowest BCUT2D eigenvalue weighted by atomic mass is 9.87. The van der Waals surface area contributed by atoms with Gasteiger partial charge in [-0.25, -0.2) is 17.9 Å². The summed E-state index contributed by atoms with van der Waals surface area (Å²) in [6.45, 7) is 0.0413. The summed E-state index contributed by atoms with van der Waals surface area (Å²) in [4.78, 5) is 11.6. The van der Waals surface area contributed by atoms with Crippen LogP contribution in [0.1, 0.15) is 28.3 Å². The van der Waals surface area contributed by atoms with Crippen LogP contribution in [0, 0.1) is 5.92 Å². The van der Waals surface area contributed by atoms with E-state index >= 15 is 0 Å². The number of carboxylic acid groups (broad SMARTS) is 1. The number of rotatable bonds is 5. The zero-order chi connectivity index (χ0) is 19.2. The first-order chi connectivity index (χ1) is 12.9. The lowest BCUT2D eigenvalue weighted by Gasteiger charge is -2.21. The molecule has 0 saturated heterocycles. The van der Waals surface area contributed by atoms with Crippen LogP contribution in [-0.2, 0) is 10.0 Å². The van der Waals surface area contributed by atoms with Crippen molar-refractivity contribution in [2.24, 2.45) is 5.92 Å². The number of aromatic carboxylic acids is 1. The van der Waals surface area contributed by atoms with Crippen LogP contribution in [0.5, 0.6) is 5.75 Å². The standard InChI is InChI=1S/C19H19NO6S/c21-15-9-16-17(12-7-4-8-13(19(22)23)18(12)26-16)14(15)10-20-27(24,25)11-5-2-1-3-6-11/h1-8,14-17,20-21H,9-10H2,(H,22,23). The highest BCUT2D eigenvalue weighted by atomic mass is 32.2. The van der Waals surface area contributed by atoms with E-state index in [-0.39, 0.29) is 29.0 Å². The number of hydrogen-bond donors (Lipinski definition) is 3. The number of ether oxygens (including phenoxy) is 1. The lowest BCUT2D eigenvalue weighted by molar-refractivity contribution is 0.0690. The highest BCUT2D eigenvalue weighted by Crippen LogP contribution is 2.51. The Bertz CT molecular complexity index is 975. The second-order valence-corrected chi connectivity index (χ2v) is 8.61. The van der Waals surface area contributed by atoms with Crippen molar-refractivity contribution in [3.8, 4) is 5.75 Å². The van der Waals surface area contributed by atoms with E-state index < -0.39 is 28.0 Å². The van der Waals surface area contributed by atoms with Crippen molar-refractivity contribution < 1.29 is 28.2 Å². The molecule has 0 aromatic heterocycles. The van der Waals surface area contributed by atoms with Crippen molar-refractivity contribution in [1.82, 2.24) is 4.72 Å². The third kappa shape index (κ3) is 3.09. The quantitative estimate of drug-likeness (QED) is 0.716. The first-order valence-electron chi connectivity index (χ1n) is 8.64. The Morgan fingerprint density at radius 1 is 1.15 bits per heavy atom. The van der Waals surface area contributed by atoms with Crippen molar-refractivity contribution in [2.45, 2.75) is 29.4 Å². The van der Waals surface area contributed by atoms with E-state index in [0.29, 0.717) is 17.7 Å². The van der Waals surface area contributed by atoms with Gasteiger partial charge in [0, 0.05) is 30.4 Å². The number of fused-ring (bicyclic) bond motifs is 3. The van der Waals surface area contributed by atoms with Gasteiger partial charge >= 0.3 is 5.97 Å². The maximum absolute atomic E-state index is 12.5. The maximum Gasteiger partial charge on any atom is 0.339 e. The third-order valence-electron chi connectivity index (χ3n) is 5.30. The van der Waals surface area contributed by atoms with Gasteiger partial charge in [0.05, 0.1) is 11.0 Å². The van der Waals surface area contributed by atoms with Gasteiger partial charge in [0.1, 0.15) is 17.4 Å². The number of carboxylic acids is 1. The van der Waals surface area contributed by atoms with Crippen molar-refractivity contribution in [3.05, 3.63) is 59.7 Å². The fraction of sp³-hybridized carbons (Fsp3) is 0.316. The summed E-state index contributed by atoms with van der Waals surface area (Å²) in [5.41, 5.74) is 0.792. The fourth-order valence-corrected chi connectivity index (χ4v) is 5.14. The van der Waals surface area contributed by atoms with Crippen LogP contribution in [-0.4, -0.2) is 43.4 Å². The van der Waals surface area contributed by atoms with Crippen LogP contribution >= 0.6 is 0 Å². The van der Waals surface area contributed by atoms with Crippen molar-refractivity contribution in [3.63, 3.8) is 0 Å². The summed E-state index contributed by atoms with van der Waals surface area (Å²) in [5.74, 6) is -1.41. The molecule has 2 aliphatic rings. The molecule has 2 aromatic carbocycles. The number of sulfonamides is 1. The van der Waals surface area contributed by atoms with Crippen LogP contribution in [0.2, 0.25) is 0 Å². The molecule has 3 N–H and O–H groups in total. The van der Waals surface area contributed by atoms with Gasteiger partial charge in [0.25, 0.3) is 0 Å². The first-order valence-corrected chi connectivity index (χ1v) is 10.1. The molecule has 0 radical (unpaired) electrons. The minimum absolute atomic E-state index is 0.0413. The molecule has 2 aromatic rings. The molecule has 4 rings (SSSR count). The summed E-state index contributed by atoms with van der Waals surface area (Å²) < 4.78 is 33.3. The summed E-state index contributed by atoms with van der Waals surface area (Å²) >= 11 is 0. The fourth-order valence-electron chi connectivity index (χ4n) is 4.05. The average molecular weight is 389 g/mol. The van der Waals surface area contributed by atoms with E-state index in [1.54, 1.807) is 30.3 Å². The summed E-state index contributed by atoms with van der Waals surface area (Å²) in [6, 6.07) is 12.9. The van der Waals surface area contributed by atoms with Crippen molar-refractivity contribution >= 4 is 16.0 Å². The number of aliphatic hydroxyl groups excluding tert-OH is 1. The number of benzene rings is 2. The molecule has 8 heteroatoms. The minimum Gasteiger partial charge on any atom is -0.488 e. The van der Waals surface area contributed by atoms with E-state index in [1.165, 1.54) is 18.2 Å². The first kappa shape index (κ1) is 18.0. The van der Waals surface area contributed by atoms with E-state index in [4.69, 9.17) is 4.74 Å². The average Bonchev–Trinajstić information content (AvgIpc) is 3.15. The summed E-state index contributed by atoms with van der Waals surface area (Å²) in [5, 5.41) is 19.8. The van der Waals surface area contributed by atoms with Crippen LogP contribution in [0.3, 0.4) is 0 Å². The second-order valence-electron chi connectivity index (χ2n) is 6.84. The second kappa shape index (κ2) is 6.63. The lowest BCUT2D eigenvalue weighted by Crippen LogP contribution is -2.35. The highest BCUT2D eigenvalue weighted by molar-refractivity contribution is 7.89. The molecule has 1 heterocycles. The predicted molar refractivity (Wildman–Crippen MR) is 96.3 cm³/mol. The van der Waals surface area contributed by atoms with Gasteiger partial charge in [-0.1, -0.05) is 30.3 Å². The molecule has 1 aliphatic carbocycles. The smallest absolute Gasteiger partial charge is 0.339 e. The van der Waals surface area contributed by atoms with Gasteiger partial charge in [0.2, 0.25) is 10.0 Å². The Morgan fingerprint density at radius 2 is 1.89 bits per heavy atom. The molecule has 1 aliphatic heterocycles. The molecular formula is C19H19NO6S. The number of aliphatic hydroxyl groups is 1. The molecule has 7 nitrogen and oxygen atoms in total. The van der Waals surface area contributed by atoms with E-state index in [2.05, 4.69) is 4.72 Å². The molecule has 1 saturated carbocycles. The molecule has 27 heavy (non-hydrogen) atoms. The minimum atomic E-state index is -3.69. The van der Waals surface area contributed by atoms with Gasteiger partial charge in [-0.05, 0) is 18.2 Å². The molecule has 4 unspecified atom stereocenters. The Hall–Kier alpha value is -2.42. The molecule has 4 atom stereocenters. The van der Waals surface area contributed by atoms with Gasteiger partial charge in [-0.3, -0.25) is 0 Å². The van der Waals surface area contributed by atoms with E-state index in [9.17, 15) is 23.4 Å². The largest absolute Gasteiger partial charge is 0.488 e. The Morgan fingerprint density at radius 3 is 2.59 bits per heavy atom. The zero-order valence-corrected chi connectivity index (χ0v) is 15.1. The van der Waals surface area contributed by atoms with Crippen LogP contribution in [0.25, 0.3) is 0 Å². The molecule has 142 valence electrons. The molecule has 0 bridgehead atoms. The summed E-state index contributed by atoms with van der Waals surface area (Å²) in [7, 11) is -3.69. The van der Waals surface area contributed by atoms with Gasteiger partial charge in [-0.15, -0.1) is 0 Å². The number of carbonyl (C=O) groups is 1. The Kier molecular flexibility index (Phi) is 4.41. The molecule has 1 fully saturated rings. The third-order valence-corrected chi connectivity index (χ3v) is 6.74. The van der Waals surface area contributed by atoms with Gasteiger partial charge in [-0.2, -0.15) is 0 Å². The highest BCUT2D eigenvalue weighted by Gasteiger charge is 2.50. The predicted octanol–water partition coefficient (Wildman–Crippen LogP) is 1.59. The molecule has 0 spiro atoms. The van der Waals surface area contributed by atoms with E-state index in [1.807, 2.05) is 0 Å².